The van der Waals surface area contributed by atoms with E-state index in [0.717, 1.165) is 18.5 Å². The average molecular weight is 342 g/mol. The first-order valence-electron chi connectivity index (χ1n) is 8.77. The topological polar surface area (TPSA) is 76.4 Å². The molecule has 3 amide bonds. The van der Waals surface area contributed by atoms with Crippen molar-refractivity contribution in [2.75, 3.05) is 32.0 Å². The molecule has 134 valence electrons. The van der Waals surface area contributed by atoms with Gasteiger partial charge in [-0.2, -0.15) is 5.26 Å². The van der Waals surface area contributed by atoms with Gasteiger partial charge in [0, 0.05) is 32.2 Å². The number of carbonyl (C=O) groups is 2. The number of carbonyl (C=O) groups excluding carboxylic acids is 2. The number of amides is 3. The zero-order valence-corrected chi connectivity index (χ0v) is 14.9. The number of likely N-dealkylation sites (tertiary alicyclic amines) is 1. The molecule has 2 rings (SSSR count). The van der Waals surface area contributed by atoms with Crippen molar-refractivity contribution in [2.45, 2.75) is 26.2 Å². The van der Waals surface area contributed by atoms with E-state index in [2.05, 4.69) is 12.2 Å². The molecular weight excluding hydrogens is 316 g/mol. The fraction of sp³-hybridized carbons (Fsp3) is 0.526. The molecule has 25 heavy (non-hydrogen) atoms. The normalized spacial score (nSPS) is 19.8. The Kier molecular flexibility index (Phi) is 6.81. The van der Waals surface area contributed by atoms with Crippen molar-refractivity contribution < 1.29 is 9.59 Å². The summed E-state index contributed by atoms with van der Waals surface area (Å²) >= 11 is 0. The molecule has 0 aliphatic carbocycles. The Balaban J connectivity index is 1.91. The number of nitrogens with one attached hydrogen (secondary N) is 1. The summed E-state index contributed by atoms with van der Waals surface area (Å²) in [6.45, 7) is 3.53. The molecule has 1 aromatic rings. The number of hydrogen-bond donors (Lipinski definition) is 1. The van der Waals surface area contributed by atoms with Crippen LogP contribution in [0.5, 0.6) is 0 Å². The Morgan fingerprint density at radius 1 is 1.32 bits per heavy atom. The summed E-state index contributed by atoms with van der Waals surface area (Å²) in [6.07, 6.45) is 2.19. The van der Waals surface area contributed by atoms with E-state index < -0.39 is 0 Å². The molecule has 1 heterocycles. The molecule has 1 aliphatic heterocycles. The molecular formula is C19H26N4O2. The standard InChI is InChI=1S/C19H26N4O2/c1-3-15-14-23(19(25)21-17-7-5-4-6-8-17)11-9-16(15)13-18(24)22(2)12-10-20/h4-8,15-16H,3,9,11-14H2,1-2H3,(H,21,25)/t15-,16+/m1/s1. The van der Waals surface area contributed by atoms with Crippen LogP contribution in [0.25, 0.3) is 0 Å². The predicted octanol–water partition coefficient (Wildman–Crippen LogP) is 2.94. The highest BCUT2D eigenvalue weighted by Gasteiger charge is 2.32. The van der Waals surface area contributed by atoms with Crippen LogP contribution in [0.2, 0.25) is 0 Å². The van der Waals surface area contributed by atoms with E-state index in [4.69, 9.17) is 5.26 Å². The SMILES string of the molecule is CC[C@@H]1CN(C(=O)Nc2ccccc2)CC[C@H]1CC(=O)N(C)CC#N. The van der Waals surface area contributed by atoms with Crippen LogP contribution in [0.15, 0.2) is 30.3 Å². The van der Waals surface area contributed by atoms with Crippen LogP contribution >= 0.6 is 0 Å². The van der Waals surface area contributed by atoms with Gasteiger partial charge in [-0.05, 0) is 30.4 Å². The Bertz CT molecular complexity index is 626. The molecule has 0 unspecified atom stereocenters. The summed E-state index contributed by atoms with van der Waals surface area (Å²) in [5.41, 5.74) is 0.788. The van der Waals surface area contributed by atoms with Gasteiger partial charge in [0.15, 0.2) is 0 Å². The van der Waals surface area contributed by atoms with Crippen LogP contribution < -0.4 is 5.32 Å². The van der Waals surface area contributed by atoms with Crippen LogP contribution in [-0.4, -0.2) is 48.4 Å². The van der Waals surface area contributed by atoms with E-state index in [0.29, 0.717) is 25.4 Å². The first-order chi connectivity index (χ1) is 12.0. The molecule has 6 heteroatoms. The highest BCUT2D eigenvalue weighted by molar-refractivity contribution is 5.89. The maximum absolute atomic E-state index is 12.5. The summed E-state index contributed by atoms with van der Waals surface area (Å²) in [5, 5.41) is 11.6. The predicted molar refractivity (Wildman–Crippen MR) is 96.8 cm³/mol. The number of benzene rings is 1. The minimum atomic E-state index is -0.0870. The van der Waals surface area contributed by atoms with Crippen molar-refractivity contribution >= 4 is 17.6 Å². The van der Waals surface area contributed by atoms with E-state index in [1.807, 2.05) is 41.3 Å². The number of para-hydroxylation sites is 1. The highest BCUT2D eigenvalue weighted by Crippen LogP contribution is 2.29. The molecule has 6 nitrogen and oxygen atoms in total. The lowest BCUT2D eigenvalue weighted by atomic mass is 9.81. The van der Waals surface area contributed by atoms with E-state index >= 15 is 0 Å². The molecule has 1 aliphatic rings. The van der Waals surface area contributed by atoms with Gasteiger partial charge in [-0.3, -0.25) is 4.79 Å². The second-order valence-electron chi connectivity index (χ2n) is 6.57. The molecule has 0 radical (unpaired) electrons. The molecule has 0 spiro atoms. The van der Waals surface area contributed by atoms with Crippen LogP contribution in [0, 0.1) is 23.2 Å². The summed E-state index contributed by atoms with van der Waals surface area (Å²) in [4.78, 5) is 28.0. The van der Waals surface area contributed by atoms with Crippen LogP contribution in [0.4, 0.5) is 10.5 Å². The molecule has 2 atom stereocenters. The summed E-state index contributed by atoms with van der Waals surface area (Å²) in [7, 11) is 1.66. The molecule has 1 aromatic carbocycles. The second-order valence-corrected chi connectivity index (χ2v) is 6.57. The number of hydrogen-bond acceptors (Lipinski definition) is 3. The third kappa shape index (κ3) is 5.21. The molecule has 0 aromatic heterocycles. The maximum Gasteiger partial charge on any atom is 0.321 e. The Hall–Kier alpha value is -2.55. The van der Waals surface area contributed by atoms with Crippen molar-refractivity contribution in [3.63, 3.8) is 0 Å². The number of anilines is 1. The van der Waals surface area contributed by atoms with Gasteiger partial charge in [-0.1, -0.05) is 31.5 Å². The van der Waals surface area contributed by atoms with Gasteiger partial charge in [0.05, 0.1) is 6.07 Å². The molecule has 1 N–H and O–H groups in total. The quantitative estimate of drug-likeness (QED) is 0.836. The molecule has 1 saturated heterocycles. The van der Waals surface area contributed by atoms with Crippen molar-refractivity contribution in [1.29, 1.82) is 5.26 Å². The number of urea groups is 1. The second kappa shape index (κ2) is 9.07. The van der Waals surface area contributed by atoms with Crippen LogP contribution in [0.1, 0.15) is 26.2 Å². The Morgan fingerprint density at radius 2 is 2.04 bits per heavy atom. The molecule has 0 bridgehead atoms. The van der Waals surface area contributed by atoms with E-state index in [9.17, 15) is 9.59 Å². The smallest absolute Gasteiger partial charge is 0.321 e. The number of rotatable bonds is 5. The largest absolute Gasteiger partial charge is 0.332 e. The minimum absolute atomic E-state index is 0.00665. The molecule has 0 saturated carbocycles. The van der Waals surface area contributed by atoms with Crippen LogP contribution in [0.3, 0.4) is 0 Å². The molecule has 1 fully saturated rings. The van der Waals surface area contributed by atoms with Gasteiger partial charge in [-0.15, -0.1) is 0 Å². The Labute approximate surface area is 149 Å². The zero-order valence-electron chi connectivity index (χ0n) is 14.9. The monoisotopic (exact) mass is 342 g/mol. The minimum Gasteiger partial charge on any atom is -0.332 e. The van der Waals surface area contributed by atoms with Gasteiger partial charge in [-0.25, -0.2) is 4.79 Å². The van der Waals surface area contributed by atoms with Gasteiger partial charge in [0.1, 0.15) is 6.54 Å². The van der Waals surface area contributed by atoms with Crippen LogP contribution in [-0.2, 0) is 4.79 Å². The lowest BCUT2D eigenvalue weighted by Gasteiger charge is -2.38. The van der Waals surface area contributed by atoms with Crippen molar-refractivity contribution in [3.05, 3.63) is 30.3 Å². The third-order valence-corrected chi connectivity index (χ3v) is 4.90. The number of nitrogens with zero attached hydrogens (tertiary/aromatic N) is 3. The summed E-state index contributed by atoms with van der Waals surface area (Å²) < 4.78 is 0. The van der Waals surface area contributed by atoms with Gasteiger partial charge >= 0.3 is 6.03 Å². The van der Waals surface area contributed by atoms with E-state index in [1.54, 1.807) is 7.05 Å². The zero-order chi connectivity index (χ0) is 18.2. The Morgan fingerprint density at radius 3 is 2.68 bits per heavy atom. The van der Waals surface area contributed by atoms with E-state index in [1.165, 1.54) is 4.90 Å². The lowest BCUT2D eigenvalue weighted by Crippen LogP contribution is -2.46. The number of nitriles is 1. The summed E-state index contributed by atoms with van der Waals surface area (Å²) in [5.74, 6) is 0.571. The van der Waals surface area contributed by atoms with Gasteiger partial charge in [0.2, 0.25) is 5.91 Å². The summed E-state index contributed by atoms with van der Waals surface area (Å²) in [6, 6.07) is 11.3. The highest BCUT2D eigenvalue weighted by atomic mass is 16.2. The average Bonchev–Trinajstić information content (AvgIpc) is 2.63. The van der Waals surface area contributed by atoms with E-state index in [-0.39, 0.29) is 24.4 Å². The fourth-order valence-corrected chi connectivity index (χ4v) is 3.29. The van der Waals surface area contributed by atoms with Gasteiger partial charge in [0.25, 0.3) is 0 Å². The maximum atomic E-state index is 12.5. The number of piperidine rings is 1. The third-order valence-electron chi connectivity index (χ3n) is 4.90. The van der Waals surface area contributed by atoms with Crippen molar-refractivity contribution in [1.82, 2.24) is 9.80 Å². The lowest BCUT2D eigenvalue weighted by molar-refractivity contribution is -0.131. The fourth-order valence-electron chi connectivity index (χ4n) is 3.29. The van der Waals surface area contributed by atoms with Gasteiger partial charge < -0.3 is 15.1 Å². The van der Waals surface area contributed by atoms with Crippen molar-refractivity contribution in [2.24, 2.45) is 11.8 Å². The first kappa shape index (κ1) is 18.8. The van der Waals surface area contributed by atoms with Crippen molar-refractivity contribution in [3.8, 4) is 6.07 Å². The first-order valence-corrected chi connectivity index (χ1v) is 8.77.